The Bertz CT molecular complexity index is 3370. The standard InChI is InChI=1S/C63H64FN3S2Si/c1-9-44(4)54(58(11-3)65(5)43-53(10-2)70(7,8)39-38-68-52-22-16-13-17-23-52)36-30-49-41-62-57(56-40-48(31-37-61(56)69-62)45-20-14-12-15-21-45)42-55(49)63-66(6)59-24-18-19-25-60(59)67(63)51-34-28-47(29-35-51)46-26-32-50(64)33-27-46/h11-29,31-35,37,40-43,54,58H,3-5,9-10,30,36,38-39H2,1-2,6-8H3/q+2/b53-43+. The van der Waals surface area contributed by atoms with Crippen LogP contribution in [0.1, 0.15) is 38.7 Å². The van der Waals surface area contributed by atoms with Crippen LogP contribution in [0.25, 0.3) is 70.5 Å². The molecule has 7 aromatic carbocycles. The Balaban J connectivity index is 1.13. The van der Waals surface area contributed by atoms with Crippen molar-refractivity contribution in [1.29, 1.82) is 0 Å². The molecule has 2 aromatic heterocycles. The number of imidazole rings is 1. The molecule has 0 bridgehead atoms. The number of benzene rings is 7. The van der Waals surface area contributed by atoms with Crippen LogP contribution in [-0.4, -0.2) is 35.7 Å². The van der Waals surface area contributed by atoms with Crippen LogP contribution in [0.4, 0.5) is 4.39 Å². The molecule has 9 rings (SSSR count). The van der Waals surface area contributed by atoms with Gasteiger partial charge in [-0.3, -0.25) is 0 Å². The molecule has 0 amide bonds. The topological polar surface area (TPSA) is 11.8 Å². The van der Waals surface area contributed by atoms with Crippen LogP contribution in [0, 0.1) is 11.7 Å². The fourth-order valence-electron chi connectivity index (χ4n) is 10.3. The second-order valence-electron chi connectivity index (χ2n) is 19.1. The quantitative estimate of drug-likeness (QED) is 0.0258. The van der Waals surface area contributed by atoms with E-state index in [1.165, 1.54) is 76.3 Å². The van der Waals surface area contributed by atoms with Crippen LogP contribution in [0.5, 0.6) is 0 Å². The summed E-state index contributed by atoms with van der Waals surface area (Å²) in [5, 5.41) is 4.06. The molecule has 0 aliphatic carbocycles. The van der Waals surface area contributed by atoms with Gasteiger partial charge in [0.25, 0.3) is 5.82 Å². The van der Waals surface area contributed by atoms with Crippen molar-refractivity contribution in [3.63, 3.8) is 0 Å². The zero-order valence-electron chi connectivity index (χ0n) is 41.3. The smallest absolute Gasteiger partial charge is 0.225 e. The molecule has 0 saturated carbocycles. The molecule has 7 heteroatoms. The highest BCUT2D eigenvalue weighted by molar-refractivity contribution is 7.99. The van der Waals surface area contributed by atoms with E-state index >= 15 is 0 Å². The first-order valence-electron chi connectivity index (χ1n) is 24.7. The van der Waals surface area contributed by atoms with Crippen LogP contribution in [0.15, 0.2) is 205 Å². The SMILES string of the molecule is C=CC(C(CCc1cc2sc3ccc(-c4ccccc4)cc3c2cc1-c1n(-c2ccc(-c3ccc(F)cc3)cc2)c2ccccc2[n+]1C)C(=C)CC)[N+](=C)/C=C(\CC)[Si](C)(C)CCSc1ccccc1. The van der Waals surface area contributed by atoms with Crippen LogP contribution in [0.2, 0.25) is 19.1 Å². The summed E-state index contributed by atoms with van der Waals surface area (Å²) in [6, 6.07) is 58.6. The highest BCUT2D eigenvalue weighted by Crippen LogP contribution is 2.42. The van der Waals surface area contributed by atoms with Gasteiger partial charge in [-0.2, -0.15) is 4.57 Å². The maximum Gasteiger partial charge on any atom is 0.295 e. The molecule has 0 N–H and O–H groups in total. The number of para-hydroxylation sites is 2. The van der Waals surface area contributed by atoms with E-state index in [0.29, 0.717) is 0 Å². The maximum atomic E-state index is 13.9. The van der Waals surface area contributed by atoms with E-state index in [0.717, 1.165) is 65.1 Å². The zero-order chi connectivity index (χ0) is 48.9. The Morgan fingerprint density at radius 1 is 0.757 bits per heavy atom. The number of thioether (sulfide) groups is 1. The molecule has 2 atom stereocenters. The number of aryl methyl sites for hydroxylation is 2. The fraction of sp³-hybridized carbons (Fsp3) is 0.206. The van der Waals surface area contributed by atoms with Crippen molar-refractivity contribution in [1.82, 2.24) is 4.57 Å². The molecule has 2 unspecified atom stereocenters. The van der Waals surface area contributed by atoms with Crippen molar-refractivity contribution in [3.05, 3.63) is 211 Å². The number of hydrogen-bond acceptors (Lipinski definition) is 2. The Hall–Kier alpha value is -6.38. The largest absolute Gasteiger partial charge is 0.295 e. The molecule has 3 nitrogen and oxygen atoms in total. The van der Waals surface area contributed by atoms with Crippen LogP contribution < -0.4 is 4.57 Å². The van der Waals surface area contributed by atoms with Gasteiger partial charge in [-0.05, 0) is 149 Å². The van der Waals surface area contributed by atoms with E-state index in [-0.39, 0.29) is 17.8 Å². The molecule has 9 aromatic rings. The van der Waals surface area contributed by atoms with Gasteiger partial charge in [-0.25, -0.2) is 13.5 Å². The maximum absolute atomic E-state index is 13.9. The minimum atomic E-state index is -1.75. The van der Waals surface area contributed by atoms with Gasteiger partial charge >= 0.3 is 0 Å². The van der Waals surface area contributed by atoms with E-state index in [9.17, 15) is 4.39 Å². The van der Waals surface area contributed by atoms with E-state index in [1.54, 1.807) is 0 Å². The van der Waals surface area contributed by atoms with Crippen LogP contribution in [-0.2, 0) is 13.5 Å². The fourth-order valence-corrected chi connectivity index (χ4v) is 16.2. The van der Waals surface area contributed by atoms with Crippen molar-refractivity contribution < 1.29 is 13.5 Å². The van der Waals surface area contributed by atoms with Gasteiger partial charge in [0, 0.05) is 31.0 Å². The van der Waals surface area contributed by atoms with E-state index in [2.05, 4.69) is 206 Å². The monoisotopic (exact) mass is 973 g/mol. The summed E-state index contributed by atoms with van der Waals surface area (Å²) in [7, 11) is 0.453. The summed E-state index contributed by atoms with van der Waals surface area (Å²) in [5.74, 6) is 2.12. The Morgan fingerprint density at radius 2 is 1.39 bits per heavy atom. The zero-order valence-corrected chi connectivity index (χ0v) is 43.9. The highest BCUT2D eigenvalue weighted by atomic mass is 32.2. The van der Waals surface area contributed by atoms with Gasteiger partial charge in [-0.15, -0.1) is 23.1 Å². The summed E-state index contributed by atoms with van der Waals surface area (Å²) in [6.45, 7) is 23.5. The Morgan fingerprint density at radius 3 is 2.07 bits per heavy atom. The third-order valence-corrected chi connectivity index (χ3v) is 20.6. The lowest BCUT2D eigenvalue weighted by Gasteiger charge is -2.26. The van der Waals surface area contributed by atoms with Crippen molar-refractivity contribution in [2.24, 2.45) is 13.0 Å². The van der Waals surface area contributed by atoms with Crippen LogP contribution >= 0.6 is 23.1 Å². The van der Waals surface area contributed by atoms with E-state index in [1.807, 2.05) is 35.2 Å². The molecule has 0 spiro atoms. The van der Waals surface area contributed by atoms with Crippen molar-refractivity contribution in [2.75, 3.05) is 5.75 Å². The normalized spacial score (nSPS) is 13.0. The lowest BCUT2D eigenvalue weighted by Crippen LogP contribution is -2.34. The second kappa shape index (κ2) is 21.3. The third kappa shape index (κ3) is 10.1. The minimum Gasteiger partial charge on any atom is -0.225 e. The molecule has 2 heterocycles. The molecular formula is C63H64FN3S2Si+2. The predicted molar refractivity (Wildman–Crippen MR) is 304 cm³/mol. The average Bonchev–Trinajstić information content (AvgIpc) is 3.90. The number of thiophene rings is 1. The predicted octanol–water partition coefficient (Wildman–Crippen LogP) is 17.1. The van der Waals surface area contributed by atoms with Gasteiger partial charge in [0.2, 0.25) is 0 Å². The van der Waals surface area contributed by atoms with Crippen molar-refractivity contribution in [3.8, 4) is 39.3 Å². The molecule has 0 radical (unpaired) electrons. The Labute approximate surface area is 423 Å². The first-order valence-corrected chi connectivity index (χ1v) is 29.7. The number of aromatic nitrogens is 2. The molecule has 0 fully saturated rings. The number of rotatable bonds is 19. The van der Waals surface area contributed by atoms with Crippen LogP contribution in [0.3, 0.4) is 0 Å². The first kappa shape index (κ1) is 48.6. The summed E-state index contributed by atoms with van der Waals surface area (Å²) in [5.41, 5.74) is 11.5. The molecule has 0 aliphatic heterocycles. The average molecular weight is 974 g/mol. The summed E-state index contributed by atoms with van der Waals surface area (Å²) < 4.78 is 23.5. The lowest BCUT2D eigenvalue weighted by molar-refractivity contribution is -0.633. The molecule has 0 saturated heterocycles. The number of fused-ring (bicyclic) bond motifs is 4. The lowest BCUT2D eigenvalue weighted by atomic mass is 9.84. The Kier molecular flexibility index (Phi) is 14.8. The molecular weight excluding hydrogens is 910 g/mol. The summed E-state index contributed by atoms with van der Waals surface area (Å²) >= 11 is 3.84. The number of allylic oxidation sites excluding steroid dienone is 1. The molecule has 352 valence electrons. The van der Waals surface area contributed by atoms with Gasteiger partial charge in [0.1, 0.15) is 18.2 Å². The summed E-state index contributed by atoms with van der Waals surface area (Å²) in [4.78, 5) is 1.33. The number of hydrogen-bond donors (Lipinski definition) is 0. The van der Waals surface area contributed by atoms with Gasteiger partial charge in [-0.1, -0.05) is 137 Å². The van der Waals surface area contributed by atoms with Gasteiger partial charge < -0.3 is 0 Å². The van der Waals surface area contributed by atoms with Crippen molar-refractivity contribution in [2.45, 2.75) is 69.6 Å². The third-order valence-electron chi connectivity index (χ3n) is 14.4. The molecule has 70 heavy (non-hydrogen) atoms. The highest BCUT2D eigenvalue weighted by Gasteiger charge is 2.33. The van der Waals surface area contributed by atoms with E-state index in [4.69, 9.17) is 13.3 Å². The van der Waals surface area contributed by atoms with Gasteiger partial charge in [0.15, 0.2) is 23.3 Å². The number of halogens is 1. The van der Waals surface area contributed by atoms with Crippen molar-refractivity contribution >= 4 is 69.1 Å². The minimum absolute atomic E-state index is 0.0207. The van der Waals surface area contributed by atoms with Gasteiger partial charge in [0.05, 0.1) is 20.7 Å². The first-order chi connectivity index (χ1) is 34.0. The summed E-state index contributed by atoms with van der Waals surface area (Å²) in [6.07, 6.45) is 8.10. The molecule has 0 aliphatic rings. The second-order valence-corrected chi connectivity index (χ2v) is 26.3. The van der Waals surface area contributed by atoms with E-state index < -0.39 is 8.07 Å². The number of nitrogens with zero attached hydrogens (tertiary/aromatic N) is 3.